The number of carbonyl (C=O) groups is 3. The number of hydrogen-bond acceptors (Lipinski definition) is 8. The predicted octanol–water partition coefficient (Wildman–Crippen LogP) is 4.97. The number of esters is 3. The normalized spacial score (nSPS) is 12.1. The van der Waals surface area contributed by atoms with Gasteiger partial charge in [-0.2, -0.15) is 27.0 Å². The molecule has 0 aliphatic rings. The Hall–Kier alpha value is -2.56. The number of benzene rings is 2. The molecule has 2 aromatic carbocycles. The molecule has 218 valence electrons. The first-order valence-electron chi connectivity index (χ1n) is 11.9. The molecule has 8 nitrogen and oxygen atoms in total. The maximum absolute atomic E-state index is 11.3. The lowest BCUT2D eigenvalue weighted by atomic mass is 9.77. The summed E-state index contributed by atoms with van der Waals surface area (Å²) in [5.74, 6) is 0.112. The molecule has 39 heavy (non-hydrogen) atoms. The number of rotatable bonds is 13. The quantitative estimate of drug-likeness (QED) is 0.180. The summed E-state index contributed by atoms with van der Waals surface area (Å²) in [7, 11) is 0. The average Bonchev–Trinajstić information content (AvgIpc) is 2.83. The molecule has 0 radical (unpaired) electrons. The number of aryl methyl sites for hydroxylation is 1. The molecule has 0 aliphatic heterocycles. The van der Waals surface area contributed by atoms with Gasteiger partial charge in [0, 0.05) is 26.2 Å². The van der Waals surface area contributed by atoms with Gasteiger partial charge in [-0.25, -0.2) is 0 Å². The van der Waals surface area contributed by atoms with Crippen molar-refractivity contribution in [1.29, 1.82) is 0 Å². The molecule has 0 aromatic heterocycles. The fourth-order valence-electron chi connectivity index (χ4n) is 3.61. The average molecular weight is 603 g/mol. The van der Waals surface area contributed by atoms with Crippen LogP contribution in [0.4, 0.5) is 0 Å². The zero-order valence-corrected chi connectivity index (χ0v) is 25.9. The van der Waals surface area contributed by atoms with E-state index in [1.54, 1.807) is 0 Å². The largest absolute Gasteiger partial charge is 0.490 e. The van der Waals surface area contributed by atoms with Crippen LogP contribution in [-0.2, 0) is 34.0 Å². The molecule has 0 amide bonds. The summed E-state index contributed by atoms with van der Waals surface area (Å²) in [6.07, 6.45) is -1.21. The van der Waals surface area contributed by atoms with Crippen LogP contribution in [0.3, 0.4) is 0 Å². The van der Waals surface area contributed by atoms with Crippen LogP contribution in [0.1, 0.15) is 51.3 Å². The van der Waals surface area contributed by atoms with Gasteiger partial charge in [-0.1, -0.05) is 38.1 Å². The Morgan fingerprint density at radius 2 is 1.31 bits per heavy atom. The highest BCUT2D eigenvalue weighted by Crippen LogP contribution is 2.34. The second-order valence-electron chi connectivity index (χ2n) is 9.17. The topological polar surface area (TPSA) is 97.4 Å². The molecule has 0 heterocycles. The first kappa shape index (κ1) is 36.4. The fourth-order valence-corrected chi connectivity index (χ4v) is 3.76. The van der Waals surface area contributed by atoms with Crippen LogP contribution in [0.25, 0.3) is 0 Å². The number of alkyl halides is 1. The molecule has 0 bridgehead atoms. The van der Waals surface area contributed by atoms with E-state index in [1.807, 2.05) is 43.3 Å². The second-order valence-corrected chi connectivity index (χ2v) is 9.48. The first-order chi connectivity index (χ1) is 17.4. The van der Waals surface area contributed by atoms with Gasteiger partial charge in [-0.05, 0) is 41.8 Å². The SMILES string of the molecule is CC(=O)OC[C@H](COc1ccc(C(C)(C)c2ccc(OC[C@@H](CCl)OC(C)=O)c(C)c2)cc1)OC(C)=O.S.S. The summed E-state index contributed by atoms with van der Waals surface area (Å²) >= 11 is 5.86. The Morgan fingerprint density at radius 3 is 1.82 bits per heavy atom. The van der Waals surface area contributed by atoms with Crippen molar-refractivity contribution in [2.45, 2.75) is 59.2 Å². The van der Waals surface area contributed by atoms with Crippen LogP contribution in [0.5, 0.6) is 11.5 Å². The van der Waals surface area contributed by atoms with Gasteiger partial charge in [-0.15, -0.1) is 11.6 Å². The van der Waals surface area contributed by atoms with Gasteiger partial charge in [0.25, 0.3) is 0 Å². The number of ether oxygens (including phenoxy) is 5. The molecule has 0 saturated heterocycles. The van der Waals surface area contributed by atoms with E-state index in [1.165, 1.54) is 20.8 Å². The minimum Gasteiger partial charge on any atom is -0.490 e. The van der Waals surface area contributed by atoms with Gasteiger partial charge in [0.2, 0.25) is 0 Å². The Balaban J connectivity index is 0.00000722. The van der Waals surface area contributed by atoms with Crippen molar-refractivity contribution in [2.75, 3.05) is 25.7 Å². The van der Waals surface area contributed by atoms with E-state index in [0.29, 0.717) is 11.5 Å². The Kier molecular flexibility index (Phi) is 16.1. The van der Waals surface area contributed by atoms with Crippen molar-refractivity contribution in [2.24, 2.45) is 0 Å². The molecule has 2 aromatic rings. The van der Waals surface area contributed by atoms with Gasteiger partial charge in [-0.3, -0.25) is 14.4 Å². The molecule has 2 atom stereocenters. The monoisotopic (exact) mass is 602 g/mol. The maximum Gasteiger partial charge on any atom is 0.303 e. The second kappa shape index (κ2) is 17.2. The summed E-state index contributed by atoms with van der Waals surface area (Å²) in [6, 6.07) is 13.6. The van der Waals surface area contributed by atoms with Crippen LogP contribution >= 0.6 is 38.6 Å². The summed E-state index contributed by atoms with van der Waals surface area (Å²) in [5, 5.41) is 0. The molecule has 0 aliphatic carbocycles. The zero-order chi connectivity index (χ0) is 27.6. The van der Waals surface area contributed by atoms with Crippen molar-refractivity contribution < 1.29 is 38.1 Å². The van der Waals surface area contributed by atoms with E-state index in [4.69, 9.17) is 35.3 Å². The molecule has 0 N–H and O–H groups in total. The van der Waals surface area contributed by atoms with Crippen molar-refractivity contribution in [1.82, 2.24) is 0 Å². The van der Waals surface area contributed by atoms with Crippen LogP contribution in [0.15, 0.2) is 42.5 Å². The summed E-state index contributed by atoms with van der Waals surface area (Å²) < 4.78 is 26.8. The molecule has 2 rings (SSSR count). The van der Waals surface area contributed by atoms with Crippen molar-refractivity contribution >= 4 is 56.5 Å². The smallest absolute Gasteiger partial charge is 0.303 e. The molecule has 0 unspecified atom stereocenters. The van der Waals surface area contributed by atoms with E-state index in [2.05, 4.69) is 19.9 Å². The molecule has 11 heteroatoms. The third kappa shape index (κ3) is 12.0. The molecule has 0 spiro atoms. The van der Waals surface area contributed by atoms with E-state index in [-0.39, 0.29) is 58.1 Å². The van der Waals surface area contributed by atoms with Crippen molar-refractivity contribution in [3.63, 3.8) is 0 Å². The Labute approximate surface area is 249 Å². The van der Waals surface area contributed by atoms with Crippen molar-refractivity contribution in [3.8, 4) is 11.5 Å². The highest BCUT2D eigenvalue weighted by Gasteiger charge is 2.24. The molecular formula is C28H39ClO8S2. The highest BCUT2D eigenvalue weighted by atomic mass is 35.5. The summed E-state index contributed by atoms with van der Waals surface area (Å²) in [4.78, 5) is 33.6. The number of hydrogen-bond donors (Lipinski definition) is 0. The highest BCUT2D eigenvalue weighted by molar-refractivity contribution is 7.59. The number of halogens is 1. The maximum atomic E-state index is 11.3. The van der Waals surface area contributed by atoms with Gasteiger partial charge < -0.3 is 23.7 Å². The van der Waals surface area contributed by atoms with Crippen LogP contribution in [0.2, 0.25) is 0 Å². The lowest BCUT2D eigenvalue weighted by Gasteiger charge is -2.27. The molecular weight excluding hydrogens is 564 g/mol. The summed E-state index contributed by atoms with van der Waals surface area (Å²) in [5.41, 5.74) is 2.80. The standard InChI is InChI=1S/C28H35ClO8.2H2S/c1-18-13-23(9-12-27(18)35-15-25(14-29)36-20(3)31)28(5,6)22-7-10-24(11-8-22)34-17-26(37-21(4)32)16-33-19(2)30;;/h7-13,25-26H,14-17H2,1-6H3;2*1H2/t25-,26-;;/m1../s1. The minimum atomic E-state index is -0.699. The predicted molar refractivity (Wildman–Crippen MR) is 160 cm³/mol. The van der Waals surface area contributed by atoms with Gasteiger partial charge in [0.05, 0.1) is 5.88 Å². The van der Waals surface area contributed by atoms with Crippen LogP contribution in [-0.4, -0.2) is 55.8 Å². The van der Waals surface area contributed by atoms with Crippen LogP contribution in [0, 0.1) is 6.92 Å². The molecule has 0 saturated carbocycles. The first-order valence-corrected chi connectivity index (χ1v) is 12.5. The third-order valence-electron chi connectivity index (χ3n) is 5.64. The van der Waals surface area contributed by atoms with Gasteiger partial charge >= 0.3 is 17.9 Å². The minimum absolute atomic E-state index is 0. The third-order valence-corrected chi connectivity index (χ3v) is 5.99. The lowest BCUT2D eigenvalue weighted by molar-refractivity contribution is -0.158. The fraction of sp³-hybridized carbons (Fsp3) is 0.464. The Bertz CT molecular complexity index is 1080. The van der Waals surface area contributed by atoms with Gasteiger partial charge in [0.1, 0.15) is 37.4 Å². The summed E-state index contributed by atoms with van der Waals surface area (Å²) in [6.45, 7) is 10.3. The van der Waals surface area contributed by atoms with E-state index >= 15 is 0 Å². The number of carbonyl (C=O) groups excluding carboxylic acids is 3. The molecule has 0 fully saturated rings. The van der Waals surface area contributed by atoms with E-state index < -0.39 is 30.1 Å². The zero-order valence-electron chi connectivity index (χ0n) is 23.2. The Morgan fingerprint density at radius 1 is 0.769 bits per heavy atom. The lowest BCUT2D eigenvalue weighted by Crippen LogP contribution is -2.29. The van der Waals surface area contributed by atoms with Crippen LogP contribution < -0.4 is 9.47 Å². The van der Waals surface area contributed by atoms with Gasteiger partial charge in [0.15, 0.2) is 6.10 Å². The van der Waals surface area contributed by atoms with Crippen molar-refractivity contribution in [3.05, 3.63) is 59.2 Å². The van der Waals surface area contributed by atoms with E-state index in [9.17, 15) is 14.4 Å². The van der Waals surface area contributed by atoms with E-state index in [0.717, 1.165) is 16.7 Å².